The zero-order valence-electron chi connectivity index (χ0n) is 9.15. The van der Waals surface area contributed by atoms with Crippen LogP contribution < -0.4 is 0 Å². The predicted molar refractivity (Wildman–Crippen MR) is 69.3 cm³/mol. The molecule has 2 N–H and O–H groups in total. The second-order valence-electron chi connectivity index (χ2n) is 3.61. The summed E-state index contributed by atoms with van der Waals surface area (Å²) in [5.74, 6) is 0. The highest BCUT2D eigenvalue weighted by molar-refractivity contribution is 7.14. The first-order valence-corrected chi connectivity index (χ1v) is 6.75. The molecule has 2 rings (SSSR count). The summed E-state index contributed by atoms with van der Waals surface area (Å²) < 4.78 is 0. The molecule has 2 aromatic heterocycles. The first-order chi connectivity index (χ1) is 8.65. The lowest BCUT2D eigenvalue weighted by Gasteiger charge is -2.14. The Hall–Kier alpha value is -1.34. The topological polar surface area (TPSA) is 74.6 Å². The number of carbonyl (C=O) groups excluding carboxylic acids is 2. The van der Waals surface area contributed by atoms with Crippen molar-refractivity contribution < 1.29 is 19.8 Å². The molecular formula is C12H10O4S2. The Morgan fingerprint density at radius 2 is 1.22 bits per heavy atom. The van der Waals surface area contributed by atoms with Gasteiger partial charge in [-0.05, 0) is 24.3 Å². The van der Waals surface area contributed by atoms with Crippen LogP contribution in [0.25, 0.3) is 0 Å². The second-order valence-corrected chi connectivity index (χ2v) is 5.90. The number of thiophene rings is 2. The summed E-state index contributed by atoms with van der Waals surface area (Å²) >= 11 is 2.27. The number of rotatable bonds is 5. The molecule has 0 aromatic carbocycles. The standard InChI is InChI=1S/C12H10O4S2/c13-5-7-1-3-9(17-7)11(15)12(16)10-4-2-8(6-14)18-10/h1-6,11-12,15-16H. The summed E-state index contributed by atoms with van der Waals surface area (Å²) in [6, 6.07) is 6.40. The molecule has 0 radical (unpaired) electrons. The highest BCUT2D eigenvalue weighted by atomic mass is 32.1. The van der Waals surface area contributed by atoms with Crippen molar-refractivity contribution in [2.45, 2.75) is 12.2 Å². The van der Waals surface area contributed by atoms with Gasteiger partial charge in [-0.25, -0.2) is 0 Å². The minimum Gasteiger partial charge on any atom is -0.384 e. The third kappa shape index (κ3) is 2.56. The van der Waals surface area contributed by atoms with Gasteiger partial charge in [0.05, 0.1) is 9.75 Å². The van der Waals surface area contributed by atoms with E-state index in [4.69, 9.17) is 0 Å². The average molecular weight is 282 g/mol. The maximum Gasteiger partial charge on any atom is 0.160 e. The molecule has 2 heterocycles. The summed E-state index contributed by atoms with van der Waals surface area (Å²) in [7, 11) is 0. The summed E-state index contributed by atoms with van der Waals surface area (Å²) in [4.78, 5) is 23.1. The van der Waals surface area contributed by atoms with E-state index < -0.39 is 12.2 Å². The fourth-order valence-corrected chi connectivity index (χ4v) is 3.18. The van der Waals surface area contributed by atoms with Crippen LogP contribution in [0.4, 0.5) is 0 Å². The largest absolute Gasteiger partial charge is 0.384 e. The van der Waals surface area contributed by atoms with Gasteiger partial charge in [0.2, 0.25) is 0 Å². The number of carbonyl (C=O) groups is 2. The maximum absolute atomic E-state index is 10.6. The van der Waals surface area contributed by atoms with E-state index in [1.807, 2.05) is 0 Å². The average Bonchev–Trinajstić information content (AvgIpc) is 3.05. The van der Waals surface area contributed by atoms with E-state index >= 15 is 0 Å². The van der Waals surface area contributed by atoms with Crippen LogP contribution in [0.5, 0.6) is 0 Å². The van der Waals surface area contributed by atoms with Crippen LogP contribution in [0.2, 0.25) is 0 Å². The third-order valence-corrected chi connectivity index (χ3v) is 4.57. The van der Waals surface area contributed by atoms with Crippen molar-refractivity contribution in [2.24, 2.45) is 0 Å². The van der Waals surface area contributed by atoms with E-state index in [1.165, 1.54) is 0 Å². The van der Waals surface area contributed by atoms with Crippen LogP contribution >= 0.6 is 22.7 Å². The Kier molecular flexibility index (Phi) is 4.03. The first-order valence-electron chi connectivity index (χ1n) is 5.11. The maximum atomic E-state index is 10.6. The lowest BCUT2D eigenvalue weighted by molar-refractivity contribution is 0.0217. The Balaban J connectivity index is 2.19. The molecule has 2 atom stereocenters. The van der Waals surface area contributed by atoms with Gasteiger partial charge in [0, 0.05) is 9.75 Å². The van der Waals surface area contributed by atoms with Crippen molar-refractivity contribution in [3.63, 3.8) is 0 Å². The molecule has 4 nitrogen and oxygen atoms in total. The normalized spacial score (nSPS) is 14.1. The van der Waals surface area contributed by atoms with Crippen LogP contribution in [0.3, 0.4) is 0 Å². The molecule has 0 aliphatic rings. The van der Waals surface area contributed by atoms with Crippen LogP contribution in [-0.4, -0.2) is 22.8 Å². The van der Waals surface area contributed by atoms with Gasteiger partial charge in [-0.2, -0.15) is 0 Å². The molecule has 18 heavy (non-hydrogen) atoms. The monoisotopic (exact) mass is 282 g/mol. The molecule has 0 fully saturated rings. The second kappa shape index (κ2) is 5.53. The number of aliphatic hydroxyl groups is 2. The van der Waals surface area contributed by atoms with Crippen molar-refractivity contribution >= 4 is 35.2 Å². The first kappa shape index (κ1) is 13.1. The van der Waals surface area contributed by atoms with Crippen molar-refractivity contribution in [3.05, 3.63) is 43.8 Å². The van der Waals surface area contributed by atoms with E-state index in [2.05, 4.69) is 0 Å². The fraction of sp³-hybridized carbons (Fsp3) is 0.167. The SMILES string of the molecule is O=Cc1ccc(C(O)C(O)c2ccc(C=O)s2)s1. The summed E-state index contributed by atoms with van der Waals surface area (Å²) in [6.45, 7) is 0. The number of aldehydes is 2. The Labute approximate surface area is 111 Å². The molecule has 0 saturated carbocycles. The molecule has 94 valence electrons. The van der Waals surface area contributed by atoms with Crippen LogP contribution in [-0.2, 0) is 0 Å². The van der Waals surface area contributed by atoms with Crippen LogP contribution in [0, 0.1) is 0 Å². The van der Waals surface area contributed by atoms with E-state index in [-0.39, 0.29) is 0 Å². The Bertz CT molecular complexity index is 508. The zero-order chi connectivity index (χ0) is 13.1. The minimum atomic E-state index is -1.10. The lowest BCUT2D eigenvalue weighted by Crippen LogP contribution is -2.07. The Morgan fingerprint density at radius 1 is 0.833 bits per heavy atom. The molecule has 2 unspecified atom stereocenters. The van der Waals surface area contributed by atoms with E-state index in [0.717, 1.165) is 22.7 Å². The van der Waals surface area contributed by atoms with E-state index in [1.54, 1.807) is 24.3 Å². The van der Waals surface area contributed by atoms with Crippen LogP contribution in [0.1, 0.15) is 41.3 Å². The van der Waals surface area contributed by atoms with Crippen molar-refractivity contribution in [1.82, 2.24) is 0 Å². The minimum absolute atomic E-state index is 0.496. The van der Waals surface area contributed by atoms with Crippen molar-refractivity contribution in [3.8, 4) is 0 Å². The van der Waals surface area contributed by atoms with Gasteiger partial charge in [-0.15, -0.1) is 22.7 Å². The van der Waals surface area contributed by atoms with Crippen molar-refractivity contribution in [2.75, 3.05) is 0 Å². The quantitative estimate of drug-likeness (QED) is 0.824. The lowest BCUT2D eigenvalue weighted by atomic mass is 10.1. The summed E-state index contributed by atoms with van der Waals surface area (Å²) in [5.41, 5.74) is 0. The molecule has 0 bridgehead atoms. The van der Waals surface area contributed by atoms with Gasteiger partial charge in [0.25, 0.3) is 0 Å². The van der Waals surface area contributed by atoms with E-state index in [0.29, 0.717) is 32.1 Å². The molecule has 6 heteroatoms. The smallest absolute Gasteiger partial charge is 0.160 e. The summed E-state index contributed by atoms with van der Waals surface area (Å²) in [5, 5.41) is 20.0. The molecule has 0 spiro atoms. The van der Waals surface area contributed by atoms with Crippen LogP contribution in [0.15, 0.2) is 24.3 Å². The van der Waals surface area contributed by atoms with Gasteiger partial charge in [0.15, 0.2) is 12.6 Å². The molecular weight excluding hydrogens is 272 g/mol. The Morgan fingerprint density at radius 3 is 1.50 bits per heavy atom. The predicted octanol–water partition coefficient (Wildman–Crippen LogP) is 2.20. The van der Waals surface area contributed by atoms with Gasteiger partial charge < -0.3 is 10.2 Å². The van der Waals surface area contributed by atoms with Gasteiger partial charge >= 0.3 is 0 Å². The number of hydrogen-bond acceptors (Lipinski definition) is 6. The number of aliphatic hydroxyl groups excluding tert-OH is 2. The highest BCUT2D eigenvalue weighted by Crippen LogP contribution is 2.35. The fourth-order valence-electron chi connectivity index (χ4n) is 1.49. The summed E-state index contributed by atoms with van der Waals surface area (Å²) in [6.07, 6.45) is -0.796. The number of hydrogen-bond donors (Lipinski definition) is 2. The highest BCUT2D eigenvalue weighted by Gasteiger charge is 2.23. The molecule has 0 amide bonds. The molecule has 0 aliphatic heterocycles. The van der Waals surface area contributed by atoms with E-state index in [9.17, 15) is 19.8 Å². The zero-order valence-corrected chi connectivity index (χ0v) is 10.8. The van der Waals surface area contributed by atoms with Gasteiger partial charge in [-0.1, -0.05) is 0 Å². The molecule has 2 aromatic rings. The molecule has 0 aliphatic carbocycles. The van der Waals surface area contributed by atoms with Crippen molar-refractivity contribution in [1.29, 1.82) is 0 Å². The van der Waals surface area contributed by atoms with Gasteiger partial charge in [0.1, 0.15) is 12.2 Å². The molecule has 0 saturated heterocycles. The third-order valence-electron chi connectivity index (χ3n) is 2.41. The van der Waals surface area contributed by atoms with Gasteiger partial charge in [-0.3, -0.25) is 9.59 Å².